The van der Waals surface area contributed by atoms with Crippen LogP contribution in [-0.2, 0) is 20.9 Å². The van der Waals surface area contributed by atoms with Crippen LogP contribution in [0.25, 0.3) is 0 Å². The van der Waals surface area contributed by atoms with Gasteiger partial charge in [0.25, 0.3) is 0 Å². The fourth-order valence-corrected chi connectivity index (χ4v) is 2.22. The number of ether oxygens (including phenoxy) is 3. The van der Waals surface area contributed by atoms with Crippen molar-refractivity contribution in [2.75, 3.05) is 13.2 Å². The molecular weight excluding hydrogens is 304 g/mol. The molecule has 4 nitrogen and oxygen atoms in total. The minimum absolute atomic E-state index is 0.0809. The van der Waals surface area contributed by atoms with Crippen molar-refractivity contribution in [1.82, 2.24) is 0 Å². The van der Waals surface area contributed by atoms with Gasteiger partial charge in [-0.05, 0) is 37.1 Å². The van der Waals surface area contributed by atoms with Crippen LogP contribution in [0.15, 0.2) is 54.6 Å². The van der Waals surface area contributed by atoms with Crippen molar-refractivity contribution >= 4 is 5.97 Å². The molecule has 0 aliphatic heterocycles. The van der Waals surface area contributed by atoms with Gasteiger partial charge in [0.05, 0.1) is 25.7 Å². The molecule has 0 radical (unpaired) electrons. The molecule has 0 spiro atoms. The van der Waals surface area contributed by atoms with E-state index in [1.54, 1.807) is 6.92 Å². The maximum atomic E-state index is 11.3. The molecule has 0 fully saturated rings. The molecule has 0 heterocycles. The van der Waals surface area contributed by atoms with Crippen molar-refractivity contribution < 1.29 is 19.0 Å². The van der Waals surface area contributed by atoms with Crippen molar-refractivity contribution in [3.05, 3.63) is 65.7 Å². The van der Waals surface area contributed by atoms with E-state index in [0.29, 0.717) is 19.8 Å². The standard InChI is InChI=1S/C20H24O4/c1-3-22-20(21)13-14-23-16(2)18-9-11-19(12-10-18)24-15-17-7-5-4-6-8-17/h4-12,16H,3,13-15H2,1-2H3. The summed E-state index contributed by atoms with van der Waals surface area (Å²) in [4.78, 5) is 11.3. The lowest BCUT2D eigenvalue weighted by Crippen LogP contribution is -2.09. The molecule has 0 saturated carbocycles. The van der Waals surface area contributed by atoms with Crippen LogP contribution in [0, 0.1) is 0 Å². The second-order valence-electron chi connectivity index (χ2n) is 5.41. The van der Waals surface area contributed by atoms with E-state index in [0.717, 1.165) is 16.9 Å². The summed E-state index contributed by atoms with van der Waals surface area (Å²) in [6.07, 6.45) is 0.193. The molecule has 0 bridgehead atoms. The number of esters is 1. The lowest BCUT2D eigenvalue weighted by molar-refractivity contribution is -0.144. The number of carbonyl (C=O) groups excluding carboxylic acids is 1. The van der Waals surface area contributed by atoms with Crippen LogP contribution in [0.2, 0.25) is 0 Å². The Morgan fingerprint density at radius 3 is 2.42 bits per heavy atom. The number of hydrogen-bond acceptors (Lipinski definition) is 4. The highest BCUT2D eigenvalue weighted by atomic mass is 16.5. The maximum Gasteiger partial charge on any atom is 0.308 e. The van der Waals surface area contributed by atoms with Gasteiger partial charge < -0.3 is 14.2 Å². The van der Waals surface area contributed by atoms with Gasteiger partial charge in [-0.15, -0.1) is 0 Å². The molecule has 128 valence electrons. The summed E-state index contributed by atoms with van der Waals surface area (Å²) in [5, 5.41) is 0. The summed E-state index contributed by atoms with van der Waals surface area (Å²) in [5.74, 6) is 0.593. The van der Waals surface area contributed by atoms with Gasteiger partial charge in [0.15, 0.2) is 0 Å². The molecule has 2 rings (SSSR count). The summed E-state index contributed by atoms with van der Waals surface area (Å²) >= 11 is 0. The Labute approximate surface area is 143 Å². The molecule has 4 heteroatoms. The first-order valence-corrected chi connectivity index (χ1v) is 8.23. The summed E-state index contributed by atoms with van der Waals surface area (Å²) in [7, 11) is 0. The Morgan fingerprint density at radius 1 is 1.04 bits per heavy atom. The summed E-state index contributed by atoms with van der Waals surface area (Å²) in [5.41, 5.74) is 2.18. The van der Waals surface area contributed by atoms with Crippen LogP contribution in [0.3, 0.4) is 0 Å². The van der Waals surface area contributed by atoms with Crippen LogP contribution in [0.5, 0.6) is 5.75 Å². The van der Waals surface area contributed by atoms with E-state index < -0.39 is 0 Å². The first kappa shape index (κ1) is 18.0. The predicted molar refractivity (Wildman–Crippen MR) is 92.8 cm³/mol. The third kappa shape index (κ3) is 6.05. The molecule has 2 aromatic carbocycles. The predicted octanol–water partition coefficient (Wildman–Crippen LogP) is 4.30. The van der Waals surface area contributed by atoms with E-state index in [2.05, 4.69) is 0 Å². The van der Waals surface area contributed by atoms with Crippen LogP contribution in [-0.4, -0.2) is 19.2 Å². The molecular formula is C20H24O4. The van der Waals surface area contributed by atoms with Gasteiger partial charge in [-0.25, -0.2) is 0 Å². The fourth-order valence-electron chi connectivity index (χ4n) is 2.22. The Balaban J connectivity index is 1.77. The molecule has 0 N–H and O–H groups in total. The molecule has 0 aliphatic rings. The van der Waals surface area contributed by atoms with Gasteiger partial charge in [-0.1, -0.05) is 42.5 Å². The van der Waals surface area contributed by atoms with Gasteiger partial charge >= 0.3 is 5.97 Å². The van der Waals surface area contributed by atoms with Gasteiger partial charge in [-0.2, -0.15) is 0 Å². The topological polar surface area (TPSA) is 44.8 Å². The molecule has 0 saturated heterocycles. The zero-order valence-corrected chi connectivity index (χ0v) is 14.2. The van der Waals surface area contributed by atoms with Crippen LogP contribution in [0.1, 0.15) is 37.5 Å². The lowest BCUT2D eigenvalue weighted by atomic mass is 10.1. The average Bonchev–Trinajstić information content (AvgIpc) is 2.61. The second-order valence-corrected chi connectivity index (χ2v) is 5.41. The summed E-state index contributed by atoms with van der Waals surface area (Å²) in [6.45, 7) is 5.06. The van der Waals surface area contributed by atoms with Crippen molar-refractivity contribution in [3.8, 4) is 5.75 Å². The Morgan fingerprint density at radius 2 is 1.75 bits per heavy atom. The number of carbonyl (C=O) groups is 1. The highest BCUT2D eigenvalue weighted by Crippen LogP contribution is 2.21. The van der Waals surface area contributed by atoms with Gasteiger partial charge in [0.2, 0.25) is 0 Å². The number of rotatable bonds is 9. The zero-order valence-electron chi connectivity index (χ0n) is 14.2. The highest BCUT2D eigenvalue weighted by Gasteiger charge is 2.08. The largest absolute Gasteiger partial charge is 0.489 e. The smallest absolute Gasteiger partial charge is 0.308 e. The van der Waals surface area contributed by atoms with E-state index in [1.165, 1.54) is 0 Å². The van der Waals surface area contributed by atoms with Crippen LogP contribution >= 0.6 is 0 Å². The Hall–Kier alpha value is -2.33. The van der Waals surface area contributed by atoms with Crippen molar-refractivity contribution in [1.29, 1.82) is 0 Å². The first-order valence-electron chi connectivity index (χ1n) is 8.23. The zero-order chi connectivity index (χ0) is 17.2. The summed E-state index contributed by atoms with van der Waals surface area (Å²) in [6, 6.07) is 17.9. The quantitative estimate of drug-likeness (QED) is 0.644. The molecule has 24 heavy (non-hydrogen) atoms. The molecule has 0 amide bonds. The van der Waals surface area contributed by atoms with Crippen molar-refractivity contribution in [2.45, 2.75) is 33.0 Å². The molecule has 0 aromatic heterocycles. The van der Waals surface area contributed by atoms with Crippen molar-refractivity contribution in [3.63, 3.8) is 0 Å². The third-order valence-corrected chi connectivity index (χ3v) is 3.58. The van der Waals surface area contributed by atoms with Crippen LogP contribution in [0.4, 0.5) is 0 Å². The molecule has 2 aromatic rings. The van der Waals surface area contributed by atoms with Crippen LogP contribution < -0.4 is 4.74 Å². The van der Waals surface area contributed by atoms with Gasteiger partial charge in [0, 0.05) is 0 Å². The fraction of sp³-hybridized carbons (Fsp3) is 0.350. The molecule has 1 atom stereocenters. The molecule has 1 unspecified atom stereocenters. The SMILES string of the molecule is CCOC(=O)CCOC(C)c1ccc(OCc2ccccc2)cc1. The first-order chi connectivity index (χ1) is 11.7. The van der Waals surface area contributed by atoms with Gasteiger partial charge in [0.1, 0.15) is 12.4 Å². The minimum Gasteiger partial charge on any atom is -0.489 e. The lowest BCUT2D eigenvalue weighted by Gasteiger charge is -2.14. The molecule has 0 aliphatic carbocycles. The van der Waals surface area contributed by atoms with E-state index in [-0.39, 0.29) is 18.5 Å². The van der Waals surface area contributed by atoms with Gasteiger partial charge in [-0.3, -0.25) is 4.79 Å². The maximum absolute atomic E-state index is 11.3. The number of hydrogen-bond donors (Lipinski definition) is 0. The Kier molecular flexibility index (Phi) is 7.30. The minimum atomic E-state index is -0.227. The van der Waals surface area contributed by atoms with E-state index in [9.17, 15) is 4.79 Å². The monoisotopic (exact) mass is 328 g/mol. The third-order valence-electron chi connectivity index (χ3n) is 3.58. The second kappa shape index (κ2) is 9.73. The normalized spacial score (nSPS) is 11.8. The van der Waals surface area contributed by atoms with E-state index in [1.807, 2.05) is 61.5 Å². The van der Waals surface area contributed by atoms with Crippen molar-refractivity contribution in [2.24, 2.45) is 0 Å². The van der Waals surface area contributed by atoms with E-state index >= 15 is 0 Å². The van der Waals surface area contributed by atoms with E-state index in [4.69, 9.17) is 14.2 Å². The highest BCUT2D eigenvalue weighted by molar-refractivity contribution is 5.69. The Bertz CT molecular complexity index is 607. The average molecular weight is 328 g/mol. The number of benzene rings is 2. The summed E-state index contributed by atoms with van der Waals surface area (Å²) < 4.78 is 16.3.